The highest BCUT2D eigenvalue weighted by Crippen LogP contribution is 2.30. The summed E-state index contributed by atoms with van der Waals surface area (Å²) < 4.78 is 21.4. The van der Waals surface area contributed by atoms with E-state index in [1.54, 1.807) is 0 Å². The molecule has 4 N–H and O–H groups in total. The lowest BCUT2D eigenvalue weighted by Crippen LogP contribution is -2.67. The molecule has 0 spiro atoms. The quantitative estimate of drug-likeness (QED) is 0.472. The van der Waals surface area contributed by atoms with Gasteiger partial charge in [0.25, 0.3) is 0 Å². The Bertz CT molecular complexity index is 313. The second-order valence-corrected chi connectivity index (χ2v) is 15.0. The summed E-state index contributed by atoms with van der Waals surface area (Å²) in [5, 5.41) is 0. The van der Waals surface area contributed by atoms with Gasteiger partial charge in [0.15, 0.2) is 0 Å². The largest absolute Gasteiger partial charge is 0.483 e. The van der Waals surface area contributed by atoms with Gasteiger partial charge in [-0.05, 0) is 0 Å². The zero-order chi connectivity index (χ0) is 16.1. The predicted octanol–water partition coefficient (Wildman–Crippen LogP) is -0.201. The van der Waals surface area contributed by atoms with Gasteiger partial charge in [0.05, 0.1) is 0 Å². The van der Waals surface area contributed by atoms with Crippen LogP contribution in [-0.4, -0.2) is 55.1 Å². The van der Waals surface area contributed by atoms with Crippen molar-refractivity contribution in [2.24, 2.45) is 0 Å². The Morgan fingerprint density at radius 2 is 1.05 bits per heavy atom. The van der Waals surface area contributed by atoms with Crippen LogP contribution in [0.3, 0.4) is 0 Å². The summed E-state index contributed by atoms with van der Waals surface area (Å²) in [5.74, 6) is 0. The van der Waals surface area contributed by atoms with Crippen molar-refractivity contribution in [2.75, 3.05) is 0 Å². The topological polar surface area (TPSA) is 118 Å². The monoisotopic (exact) mass is 374 g/mol. The molecule has 2 atom stereocenters. The van der Waals surface area contributed by atoms with Crippen LogP contribution in [0.2, 0.25) is 18.1 Å². The van der Waals surface area contributed by atoms with Crippen LogP contribution in [0.15, 0.2) is 0 Å². The molecular weight excluding hydrogens is 348 g/mol. The molecule has 1 aliphatic heterocycles. The Kier molecular flexibility index (Phi) is 7.36. The van der Waals surface area contributed by atoms with Crippen LogP contribution in [0, 0.1) is 0 Å². The minimum Gasteiger partial charge on any atom is -0.393 e. The minimum atomic E-state index is -3.81. The van der Waals surface area contributed by atoms with E-state index in [1.165, 1.54) is 0 Å². The van der Waals surface area contributed by atoms with Crippen LogP contribution in [0.4, 0.5) is 0 Å². The van der Waals surface area contributed by atoms with E-state index in [-0.39, 0.29) is 18.1 Å². The number of hydrogen-bond acceptors (Lipinski definition) is 8. The lowest BCUT2D eigenvalue weighted by Gasteiger charge is -2.41. The van der Waals surface area contributed by atoms with Gasteiger partial charge in [0.2, 0.25) is 0 Å². The maximum atomic E-state index is 10.6. The van der Waals surface area contributed by atoms with Crippen molar-refractivity contribution in [1.29, 1.82) is 0 Å². The average molecular weight is 375 g/mol. The van der Waals surface area contributed by atoms with E-state index in [2.05, 4.69) is 0 Å². The second kappa shape index (κ2) is 7.89. The molecule has 0 aromatic heterocycles. The van der Waals surface area contributed by atoms with E-state index in [0.29, 0.717) is 19.3 Å². The van der Waals surface area contributed by atoms with Crippen molar-refractivity contribution in [3.8, 4) is 0 Å². The van der Waals surface area contributed by atoms with Gasteiger partial charge in [-0.2, -0.15) is 0 Å². The maximum Gasteiger partial charge on any atom is 0.483 e. The fraction of sp³-hybridized carbons (Fsp3) is 1.00. The molecule has 2 unspecified atom stereocenters. The van der Waals surface area contributed by atoms with Gasteiger partial charge in [0, 0.05) is 18.1 Å². The Morgan fingerprint density at radius 1 is 0.714 bits per heavy atom. The van der Waals surface area contributed by atoms with Crippen LogP contribution in [0.1, 0.15) is 40.0 Å². The predicted molar refractivity (Wildman–Crippen MR) is 82.9 cm³/mol. The van der Waals surface area contributed by atoms with Crippen molar-refractivity contribution in [1.82, 2.24) is 0 Å². The molecule has 126 valence electrons. The maximum absolute atomic E-state index is 10.6. The SMILES string of the molecule is CCC[Si]1(O)O[SiH](O)O[Si](O)(CCC)O[Si](O)(CCC)O1. The van der Waals surface area contributed by atoms with Crippen LogP contribution >= 0.6 is 0 Å². The molecule has 0 aromatic rings. The molecule has 1 fully saturated rings. The second-order valence-electron chi connectivity index (χ2n) is 5.13. The summed E-state index contributed by atoms with van der Waals surface area (Å²) in [5.41, 5.74) is 0. The zero-order valence-corrected chi connectivity index (χ0v) is 16.9. The molecule has 1 saturated heterocycles. The van der Waals surface area contributed by atoms with Crippen LogP contribution < -0.4 is 0 Å². The third-order valence-electron chi connectivity index (χ3n) is 2.91. The molecule has 1 heterocycles. The highest BCUT2D eigenvalue weighted by molar-refractivity contribution is 6.84. The van der Waals surface area contributed by atoms with Crippen LogP contribution in [0.5, 0.6) is 0 Å². The normalized spacial score (nSPS) is 41.6. The summed E-state index contributed by atoms with van der Waals surface area (Å²) in [6.07, 6.45) is 1.70. The third kappa shape index (κ3) is 5.92. The fourth-order valence-corrected chi connectivity index (χ4v) is 15.6. The first-order chi connectivity index (χ1) is 9.70. The fourth-order valence-electron chi connectivity index (χ4n) is 2.18. The van der Waals surface area contributed by atoms with Crippen molar-refractivity contribution in [3.05, 3.63) is 0 Å². The molecule has 0 aliphatic carbocycles. The lowest BCUT2D eigenvalue weighted by atomic mass is 10.6. The van der Waals surface area contributed by atoms with Gasteiger partial charge in [-0.1, -0.05) is 40.0 Å². The van der Waals surface area contributed by atoms with E-state index in [9.17, 15) is 19.2 Å². The molecule has 8 nitrogen and oxygen atoms in total. The molecule has 1 aliphatic rings. The van der Waals surface area contributed by atoms with E-state index >= 15 is 0 Å². The molecule has 0 radical (unpaired) electrons. The van der Waals surface area contributed by atoms with E-state index in [4.69, 9.17) is 16.5 Å². The van der Waals surface area contributed by atoms with E-state index < -0.39 is 35.9 Å². The summed E-state index contributed by atoms with van der Waals surface area (Å²) in [6.45, 7) is 5.49. The van der Waals surface area contributed by atoms with Crippen molar-refractivity contribution in [3.63, 3.8) is 0 Å². The summed E-state index contributed by atoms with van der Waals surface area (Å²) in [7, 11) is -14.6. The summed E-state index contributed by atoms with van der Waals surface area (Å²) in [6, 6.07) is 0.572. The van der Waals surface area contributed by atoms with Crippen LogP contribution in [0.25, 0.3) is 0 Å². The number of hydrogen-bond donors (Lipinski definition) is 4. The highest BCUT2D eigenvalue weighted by atomic mass is 28.5. The summed E-state index contributed by atoms with van der Waals surface area (Å²) >= 11 is 0. The average Bonchev–Trinajstić information content (AvgIpc) is 2.25. The first kappa shape index (κ1) is 19.6. The van der Waals surface area contributed by atoms with Gasteiger partial charge >= 0.3 is 35.9 Å². The number of rotatable bonds is 6. The van der Waals surface area contributed by atoms with Gasteiger partial charge in [0.1, 0.15) is 0 Å². The highest BCUT2D eigenvalue weighted by Gasteiger charge is 2.58. The zero-order valence-electron chi connectivity index (χ0n) is 12.7. The van der Waals surface area contributed by atoms with Gasteiger partial charge in [-0.15, -0.1) is 0 Å². The Hall–Kier alpha value is 0.548. The Labute approximate surface area is 130 Å². The molecule has 12 heteroatoms. The Morgan fingerprint density at radius 3 is 1.38 bits per heavy atom. The van der Waals surface area contributed by atoms with Crippen molar-refractivity contribution in [2.45, 2.75) is 58.2 Å². The van der Waals surface area contributed by atoms with Crippen molar-refractivity contribution < 1.29 is 35.6 Å². The Balaban J connectivity index is 3.03. The van der Waals surface area contributed by atoms with Gasteiger partial charge in [-0.25, -0.2) is 0 Å². The van der Waals surface area contributed by atoms with E-state index in [1.807, 2.05) is 20.8 Å². The molecule has 0 amide bonds. The first-order valence-electron chi connectivity index (χ1n) is 7.31. The first-order valence-corrected chi connectivity index (χ1v) is 14.7. The van der Waals surface area contributed by atoms with Crippen LogP contribution in [-0.2, 0) is 16.5 Å². The molecule has 0 aromatic carbocycles. The molecule has 0 bridgehead atoms. The van der Waals surface area contributed by atoms with E-state index in [0.717, 1.165) is 0 Å². The van der Waals surface area contributed by atoms with Gasteiger partial charge < -0.3 is 35.6 Å². The smallest absolute Gasteiger partial charge is 0.393 e. The molecule has 0 saturated carbocycles. The minimum absolute atomic E-state index is 0.190. The standard InChI is InChI=1S/C9H26O8Si4/c1-4-7-19(11)14-18(10)15-20(12,8-5-2)17-21(13,16-19)9-6-3/h10-13,18H,4-9H2,1-3H3. The molecular formula is C9H26O8Si4. The molecule has 1 rings (SSSR count). The lowest BCUT2D eigenvalue weighted by molar-refractivity contribution is 0.0815. The summed E-state index contributed by atoms with van der Waals surface area (Å²) in [4.78, 5) is 41.3. The van der Waals surface area contributed by atoms with Crippen molar-refractivity contribution >= 4 is 35.9 Å². The van der Waals surface area contributed by atoms with Gasteiger partial charge in [-0.3, -0.25) is 0 Å². The molecule has 21 heavy (non-hydrogen) atoms. The third-order valence-corrected chi connectivity index (χ3v) is 16.0.